The molecule has 5 nitrogen and oxygen atoms in total. The van der Waals surface area contributed by atoms with Crippen molar-refractivity contribution in [1.82, 2.24) is 10.3 Å². The highest BCUT2D eigenvalue weighted by Gasteiger charge is 2.28. The summed E-state index contributed by atoms with van der Waals surface area (Å²) in [6.07, 6.45) is 2.44. The van der Waals surface area contributed by atoms with Gasteiger partial charge in [-0.1, -0.05) is 36.4 Å². The molecule has 1 N–H and O–H groups in total. The Kier molecular flexibility index (Phi) is 5.42. The average molecular weight is 362 g/mol. The van der Waals surface area contributed by atoms with E-state index in [4.69, 9.17) is 9.47 Å². The van der Waals surface area contributed by atoms with E-state index >= 15 is 0 Å². The summed E-state index contributed by atoms with van der Waals surface area (Å²) in [5.74, 6) is -0.121. The second-order valence-corrected chi connectivity index (χ2v) is 6.69. The molecule has 1 saturated heterocycles. The summed E-state index contributed by atoms with van der Waals surface area (Å²) in [5, 5.41) is 4.02. The first-order chi connectivity index (χ1) is 13.3. The van der Waals surface area contributed by atoms with E-state index in [1.807, 2.05) is 54.6 Å². The van der Waals surface area contributed by atoms with Crippen LogP contribution in [-0.4, -0.2) is 36.3 Å². The molecular formula is C22H22N2O3. The maximum atomic E-state index is 12.7. The number of benzene rings is 2. The van der Waals surface area contributed by atoms with Gasteiger partial charge >= 0.3 is 0 Å². The van der Waals surface area contributed by atoms with E-state index in [-0.39, 0.29) is 18.1 Å². The number of pyridine rings is 1. The van der Waals surface area contributed by atoms with Crippen molar-refractivity contribution in [2.24, 2.45) is 0 Å². The van der Waals surface area contributed by atoms with E-state index in [0.29, 0.717) is 25.4 Å². The number of amides is 1. The molecule has 27 heavy (non-hydrogen) atoms. The van der Waals surface area contributed by atoms with Gasteiger partial charge < -0.3 is 14.8 Å². The quantitative estimate of drug-likeness (QED) is 0.756. The molecule has 0 spiro atoms. The zero-order valence-corrected chi connectivity index (χ0v) is 15.0. The van der Waals surface area contributed by atoms with Crippen LogP contribution >= 0.6 is 0 Å². The van der Waals surface area contributed by atoms with Crippen LogP contribution in [0.25, 0.3) is 10.9 Å². The molecule has 1 fully saturated rings. The number of ether oxygens (including phenoxy) is 2. The summed E-state index contributed by atoms with van der Waals surface area (Å²) in [6.45, 7) is 1.63. The molecule has 2 aromatic carbocycles. The highest BCUT2D eigenvalue weighted by Crippen LogP contribution is 2.17. The number of rotatable bonds is 5. The summed E-state index contributed by atoms with van der Waals surface area (Å²) >= 11 is 0. The van der Waals surface area contributed by atoms with Gasteiger partial charge in [0, 0.05) is 23.8 Å². The topological polar surface area (TPSA) is 60.5 Å². The zero-order chi connectivity index (χ0) is 18.5. The van der Waals surface area contributed by atoms with Crippen molar-refractivity contribution in [1.29, 1.82) is 0 Å². The Labute approximate surface area is 158 Å². The van der Waals surface area contributed by atoms with Crippen molar-refractivity contribution < 1.29 is 14.3 Å². The van der Waals surface area contributed by atoms with Gasteiger partial charge in [0.25, 0.3) is 5.91 Å². The number of nitrogens with one attached hydrogen (secondary N) is 1. The minimum absolute atomic E-state index is 0.0648. The summed E-state index contributed by atoms with van der Waals surface area (Å²) in [5.41, 5.74) is 2.61. The molecular weight excluding hydrogens is 340 g/mol. The zero-order valence-electron chi connectivity index (χ0n) is 15.0. The largest absolute Gasteiger partial charge is 0.379 e. The van der Waals surface area contributed by atoms with Crippen molar-refractivity contribution in [3.63, 3.8) is 0 Å². The van der Waals surface area contributed by atoms with Gasteiger partial charge in [0.15, 0.2) is 0 Å². The standard InChI is InChI=1S/C22H22N2O3/c25-22(18-8-9-19-17(13-18)7-4-11-23-19)24-20-15-26-12-10-21(20)27-14-16-5-2-1-3-6-16/h1-9,11,13,20-21H,10,12,14-15H2,(H,24,25)/t20-,21+/m1/s1. The molecule has 0 bridgehead atoms. The number of nitrogens with zero attached hydrogens (tertiary/aromatic N) is 1. The van der Waals surface area contributed by atoms with Crippen LogP contribution in [0.4, 0.5) is 0 Å². The van der Waals surface area contributed by atoms with Crippen LogP contribution in [0.15, 0.2) is 66.9 Å². The van der Waals surface area contributed by atoms with E-state index in [1.54, 1.807) is 12.3 Å². The molecule has 1 aliphatic heterocycles. The number of carbonyl (C=O) groups excluding carboxylic acids is 1. The molecule has 4 rings (SSSR count). The van der Waals surface area contributed by atoms with Gasteiger partial charge in [0.05, 0.1) is 30.9 Å². The lowest BCUT2D eigenvalue weighted by molar-refractivity contribution is -0.0605. The fourth-order valence-electron chi connectivity index (χ4n) is 3.30. The van der Waals surface area contributed by atoms with Crippen LogP contribution in [0.2, 0.25) is 0 Å². The first-order valence-corrected chi connectivity index (χ1v) is 9.18. The minimum Gasteiger partial charge on any atom is -0.379 e. The highest BCUT2D eigenvalue weighted by molar-refractivity contribution is 5.98. The average Bonchev–Trinajstić information content (AvgIpc) is 2.73. The number of hydrogen-bond donors (Lipinski definition) is 1. The van der Waals surface area contributed by atoms with Crippen molar-refractivity contribution >= 4 is 16.8 Å². The Bertz CT molecular complexity index is 914. The number of hydrogen-bond acceptors (Lipinski definition) is 4. The van der Waals surface area contributed by atoms with E-state index in [1.165, 1.54) is 0 Å². The lowest BCUT2D eigenvalue weighted by Crippen LogP contribution is -2.50. The van der Waals surface area contributed by atoms with Crippen molar-refractivity contribution in [2.75, 3.05) is 13.2 Å². The number of fused-ring (bicyclic) bond motifs is 1. The molecule has 0 radical (unpaired) electrons. The third-order valence-electron chi connectivity index (χ3n) is 4.78. The summed E-state index contributed by atoms with van der Waals surface area (Å²) in [6, 6.07) is 19.2. The minimum atomic E-state index is -0.167. The summed E-state index contributed by atoms with van der Waals surface area (Å²) in [7, 11) is 0. The highest BCUT2D eigenvalue weighted by atomic mass is 16.5. The lowest BCUT2D eigenvalue weighted by atomic mass is 10.0. The van der Waals surface area contributed by atoms with Crippen LogP contribution in [0.5, 0.6) is 0 Å². The van der Waals surface area contributed by atoms with Gasteiger partial charge in [0.2, 0.25) is 0 Å². The van der Waals surface area contributed by atoms with E-state index in [0.717, 1.165) is 22.9 Å². The second-order valence-electron chi connectivity index (χ2n) is 6.69. The van der Waals surface area contributed by atoms with Gasteiger partial charge in [-0.15, -0.1) is 0 Å². The SMILES string of the molecule is O=C(N[C@@H]1COCC[C@@H]1OCc1ccccc1)c1ccc2ncccc2c1. The molecule has 1 aromatic heterocycles. The fourth-order valence-corrected chi connectivity index (χ4v) is 3.30. The van der Waals surface area contributed by atoms with Gasteiger partial charge in [0.1, 0.15) is 0 Å². The fraction of sp³-hybridized carbons (Fsp3) is 0.273. The molecule has 1 aliphatic rings. The van der Waals surface area contributed by atoms with E-state index in [2.05, 4.69) is 10.3 Å². The van der Waals surface area contributed by atoms with Gasteiger partial charge in [-0.05, 0) is 36.2 Å². The molecule has 0 unspecified atom stereocenters. The van der Waals surface area contributed by atoms with E-state index < -0.39 is 0 Å². The second kappa shape index (κ2) is 8.29. The first-order valence-electron chi connectivity index (χ1n) is 9.18. The lowest BCUT2D eigenvalue weighted by Gasteiger charge is -2.32. The maximum absolute atomic E-state index is 12.7. The third kappa shape index (κ3) is 4.32. The number of aromatic nitrogens is 1. The number of carbonyl (C=O) groups is 1. The van der Waals surface area contributed by atoms with Crippen LogP contribution in [-0.2, 0) is 16.1 Å². The molecule has 0 saturated carbocycles. The van der Waals surface area contributed by atoms with Gasteiger partial charge in [-0.25, -0.2) is 0 Å². The van der Waals surface area contributed by atoms with Crippen LogP contribution < -0.4 is 5.32 Å². The Balaban J connectivity index is 1.42. The predicted octanol–water partition coefficient (Wildman–Crippen LogP) is 3.34. The van der Waals surface area contributed by atoms with E-state index in [9.17, 15) is 4.79 Å². The predicted molar refractivity (Wildman–Crippen MR) is 103 cm³/mol. The normalized spacial score (nSPS) is 19.7. The molecule has 2 heterocycles. The molecule has 0 aliphatic carbocycles. The van der Waals surface area contributed by atoms with Gasteiger partial charge in [-0.3, -0.25) is 9.78 Å². The molecule has 2 atom stereocenters. The maximum Gasteiger partial charge on any atom is 0.251 e. The summed E-state index contributed by atoms with van der Waals surface area (Å²) in [4.78, 5) is 17.0. The van der Waals surface area contributed by atoms with Crippen LogP contribution in [0.1, 0.15) is 22.3 Å². The third-order valence-corrected chi connectivity index (χ3v) is 4.78. The Morgan fingerprint density at radius 2 is 2.04 bits per heavy atom. The Morgan fingerprint density at radius 3 is 2.93 bits per heavy atom. The first kappa shape index (κ1) is 17.6. The molecule has 1 amide bonds. The molecule has 3 aromatic rings. The summed E-state index contributed by atoms with van der Waals surface area (Å²) < 4.78 is 11.7. The Morgan fingerprint density at radius 1 is 1.15 bits per heavy atom. The monoisotopic (exact) mass is 362 g/mol. The van der Waals surface area contributed by atoms with Crippen molar-refractivity contribution in [3.8, 4) is 0 Å². The van der Waals surface area contributed by atoms with Crippen molar-refractivity contribution in [2.45, 2.75) is 25.2 Å². The van der Waals surface area contributed by atoms with Gasteiger partial charge in [-0.2, -0.15) is 0 Å². The van der Waals surface area contributed by atoms with Crippen LogP contribution in [0.3, 0.4) is 0 Å². The van der Waals surface area contributed by atoms with Crippen LogP contribution in [0, 0.1) is 0 Å². The molecule has 5 heteroatoms. The molecule has 138 valence electrons. The smallest absolute Gasteiger partial charge is 0.251 e. The van der Waals surface area contributed by atoms with Crippen molar-refractivity contribution in [3.05, 3.63) is 78.0 Å². The Hall–Kier alpha value is -2.76.